The van der Waals surface area contributed by atoms with Crippen LogP contribution in [-0.2, 0) is 4.79 Å². The number of ether oxygens (including phenoxy) is 2. The summed E-state index contributed by atoms with van der Waals surface area (Å²) in [5, 5.41) is 3.15. The predicted octanol–water partition coefficient (Wildman–Crippen LogP) is 3.93. The highest BCUT2D eigenvalue weighted by atomic mass is 16.5. The average Bonchev–Trinajstić information content (AvgIpc) is 3.39. The third-order valence-corrected chi connectivity index (χ3v) is 6.90. The van der Waals surface area contributed by atoms with Gasteiger partial charge in [-0.25, -0.2) is 0 Å². The van der Waals surface area contributed by atoms with Crippen LogP contribution in [0.4, 0.5) is 0 Å². The zero-order valence-corrected chi connectivity index (χ0v) is 16.7. The first kappa shape index (κ1) is 18.2. The molecule has 29 heavy (non-hydrogen) atoms. The van der Waals surface area contributed by atoms with Gasteiger partial charge in [-0.15, -0.1) is 0 Å². The summed E-state index contributed by atoms with van der Waals surface area (Å²) >= 11 is 0. The van der Waals surface area contributed by atoms with E-state index in [1.165, 1.54) is 0 Å². The summed E-state index contributed by atoms with van der Waals surface area (Å²) in [7, 11) is 1.64. The Morgan fingerprint density at radius 3 is 2.79 bits per heavy atom. The van der Waals surface area contributed by atoms with E-state index in [0.717, 1.165) is 24.2 Å². The van der Waals surface area contributed by atoms with Crippen molar-refractivity contribution in [2.24, 2.45) is 17.8 Å². The molecule has 5 nitrogen and oxygen atoms in total. The minimum Gasteiger partial charge on any atom is -0.496 e. The van der Waals surface area contributed by atoms with E-state index in [1.807, 2.05) is 55.5 Å². The number of para-hydroxylation sites is 2. The highest BCUT2D eigenvalue weighted by Crippen LogP contribution is 2.65. The third kappa shape index (κ3) is 2.83. The van der Waals surface area contributed by atoms with Gasteiger partial charge in [0.2, 0.25) is 5.91 Å². The lowest BCUT2D eigenvalue weighted by Crippen LogP contribution is -2.44. The number of fused-ring (bicyclic) bond motifs is 3. The van der Waals surface area contributed by atoms with Gasteiger partial charge in [-0.05, 0) is 43.9 Å². The molecule has 2 fully saturated rings. The van der Waals surface area contributed by atoms with E-state index in [4.69, 9.17) is 9.47 Å². The molecule has 0 radical (unpaired) electrons. The van der Waals surface area contributed by atoms with Gasteiger partial charge in [-0.1, -0.05) is 30.3 Å². The maximum absolute atomic E-state index is 13.1. The Bertz CT molecular complexity index is 986. The number of hydrogen-bond donors (Lipinski definition) is 1. The number of amides is 1. The van der Waals surface area contributed by atoms with Crippen LogP contribution in [0.5, 0.6) is 11.5 Å². The second-order valence-corrected chi connectivity index (χ2v) is 8.49. The first-order valence-electron chi connectivity index (χ1n) is 10.3. The fourth-order valence-corrected chi connectivity index (χ4v) is 5.53. The first-order valence-corrected chi connectivity index (χ1v) is 10.3. The summed E-state index contributed by atoms with van der Waals surface area (Å²) in [6.07, 6.45) is 2.15. The van der Waals surface area contributed by atoms with Crippen LogP contribution in [0.15, 0.2) is 48.5 Å². The van der Waals surface area contributed by atoms with Gasteiger partial charge in [0.15, 0.2) is 5.78 Å². The monoisotopic (exact) mass is 391 g/mol. The number of Topliss-reactive ketones (excluding diaryl/α,β-unsaturated/α-hetero) is 1. The van der Waals surface area contributed by atoms with Crippen molar-refractivity contribution in [2.45, 2.75) is 37.8 Å². The first-order chi connectivity index (χ1) is 14.0. The Balaban J connectivity index is 1.32. The number of rotatable bonds is 4. The number of nitrogens with one attached hydrogen (secondary N) is 1. The lowest BCUT2D eigenvalue weighted by Gasteiger charge is -2.37. The molecule has 0 aromatic heterocycles. The molecule has 0 saturated heterocycles. The summed E-state index contributed by atoms with van der Waals surface area (Å²) in [6.45, 7) is 1.97. The van der Waals surface area contributed by atoms with Gasteiger partial charge in [0.25, 0.3) is 0 Å². The van der Waals surface area contributed by atoms with Crippen molar-refractivity contribution < 1.29 is 19.1 Å². The fraction of sp³-hybridized carbons (Fsp3) is 0.417. The highest BCUT2D eigenvalue weighted by Gasteiger charge is 2.70. The van der Waals surface area contributed by atoms with Crippen molar-refractivity contribution in [3.63, 3.8) is 0 Å². The van der Waals surface area contributed by atoms with Crippen molar-refractivity contribution in [2.75, 3.05) is 7.11 Å². The molecule has 2 aromatic carbocycles. The Morgan fingerprint density at radius 2 is 1.97 bits per heavy atom. The molecule has 2 aliphatic carbocycles. The van der Waals surface area contributed by atoms with Gasteiger partial charge in [-0.2, -0.15) is 0 Å². The van der Waals surface area contributed by atoms with Crippen molar-refractivity contribution in [3.8, 4) is 11.5 Å². The molecule has 3 aliphatic rings. The number of benzene rings is 2. The molecule has 1 amide bonds. The zero-order chi connectivity index (χ0) is 20.2. The van der Waals surface area contributed by atoms with Crippen LogP contribution in [0.25, 0.3) is 0 Å². The maximum Gasteiger partial charge on any atom is 0.224 e. The molecule has 2 saturated carbocycles. The van der Waals surface area contributed by atoms with Gasteiger partial charge in [-0.3, -0.25) is 9.59 Å². The number of hydrogen-bond acceptors (Lipinski definition) is 4. The quantitative estimate of drug-likeness (QED) is 0.858. The van der Waals surface area contributed by atoms with E-state index in [9.17, 15) is 9.59 Å². The van der Waals surface area contributed by atoms with E-state index in [1.54, 1.807) is 7.11 Å². The van der Waals surface area contributed by atoms with E-state index in [2.05, 4.69) is 5.32 Å². The van der Waals surface area contributed by atoms with E-state index in [-0.39, 0.29) is 29.6 Å². The number of carbonyl (C=O) groups excluding carboxylic acids is 2. The molecule has 1 N–H and O–H groups in total. The van der Waals surface area contributed by atoms with Gasteiger partial charge in [0, 0.05) is 17.4 Å². The second-order valence-electron chi connectivity index (χ2n) is 8.49. The second kappa shape index (κ2) is 6.61. The molecule has 1 spiro atoms. The van der Waals surface area contributed by atoms with Crippen molar-refractivity contribution in [1.82, 2.24) is 5.32 Å². The molecule has 0 unspecified atom stereocenters. The maximum atomic E-state index is 13.1. The molecule has 150 valence electrons. The largest absolute Gasteiger partial charge is 0.496 e. The van der Waals surface area contributed by atoms with Crippen molar-refractivity contribution >= 4 is 11.7 Å². The lowest BCUT2D eigenvalue weighted by atomic mass is 9.84. The van der Waals surface area contributed by atoms with E-state index in [0.29, 0.717) is 23.7 Å². The highest BCUT2D eigenvalue weighted by molar-refractivity contribution is 6.00. The molecule has 2 aromatic rings. The van der Waals surface area contributed by atoms with Gasteiger partial charge in [0.1, 0.15) is 17.1 Å². The van der Waals surface area contributed by atoms with Crippen LogP contribution in [0.2, 0.25) is 0 Å². The fourth-order valence-electron chi connectivity index (χ4n) is 5.53. The SMILES string of the molecule is COc1ccccc1[C@@H](C)NC(=O)[C@H]1[C@H]2CC[C@@]3(CC(=O)c4ccccc4O3)[C@@H]21. The summed E-state index contributed by atoms with van der Waals surface area (Å²) in [4.78, 5) is 25.8. The Labute approximate surface area is 170 Å². The molecular formula is C24H25NO4. The van der Waals surface area contributed by atoms with Crippen LogP contribution in [0.3, 0.4) is 0 Å². The minimum absolute atomic E-state index is 0.0485. The molecule has 1 aliphatic heterocycles. The van der Waals surface area contributed by atoms with Crippen molar-refractivity contribution in [1.29, 1.82) is 0 Å². The Morgan fingerprint density at radius 1 is 1.21 bits per heavy atom. The zero-order valence-electron chi connectivity index (χ0n) is 16.7. The normalized spacial score (nSPS) is 30.1. The lowest BCUT2D eigenvalue weighted by molar-refractivity contribution is -0.124. The van der Waals surface area contributed by atoms with Gasteiger partial charge in [0.05, 0.1) is 25.1 Å². The molecular weight excluding hydrogens is 366 g/mol. The number of carbonyl (C=O) groups is 2. The summed E-state index contributed by atoms with van der Waals surface area (Å²) in [5.74, 6) is 1.94. The Hall–Kier alpha value is -2.82. The summed E-state index contributed by atoms with van der Waals surface area (Å²) < 4.78 is 11.8. The average molecular weight is 391 g/mol. The predicted molar refractivity (Wildman–Crippen MR) is 108 cm³/mol. The minimum atomic E-state index is -0.522. The summed E-state index contributed by atoms with van der Waals surface area (Å²) in [5.41, 5.74) is 1.10. The molecule has 1 heterocycles. The van der Waals surface area contributed by atoms with E-state index < -0.39 is 5.60 Å². The van der Waals surface area contributed by atoms with Crippen molar-refractivity contribution in [3.05, 3.63) is 59.7 Å². The van der Waals surface area contributed by atoms with Gasteiger partial charge < -0.3 is 14.8 Å². The summed E-state index contributed by atoms with van der Waals surface area (Å²) in [6, 6.07) is 15.0. The number of ketones is 1. The van der Waals surface area contributed by atoms with E-state index >= 15 is 0 Å². The molecule has 5 atom stereocenters. The molecule has 5 rings (SSSR count). The third-order valence-electron chi connectivity index (χ3n) is 6.90. The van der Waals surface area contributed by atoms with Crippen LogP contribution >= 0.6 is 0 Å². The van der Waals surface area contributed by atoms with Crippen LogP contribution < -0.4 is 14.8 Å². The molecule has 0 bridgehead atoms. The van der Waals surface area contributed by atoms with Crippen LogP contribution in [0.1, 0.15) is 48.1 Å². The topological polar surface area (TPSA) is 64.6 Å². The Kier molecular flexibility index (Phi) is 4.16. The standard InChI is InChI=1S/C24H25NO4/c1-14(15-7-3-5-9-19(15)28-2)25-23(27)21-17-11-12-24(22(17)21)13-18(26)16-8-4-6-10-20(16)29-24/h3-10,14,17,21-22H,11-13H2,1-2H3,(H,25,27)/t14-,17-,21+,22+,24-/m1/s1. The number of methoxy groups -OCH3 is 1. The van der Waals surface area contributed by atoms with Gasteiger partial charge >= 0.3 is 0 Å². The smallest absolute Gasteiger partial charge is 0.224 e. The van der Waals surface area contributed by atoms with Crippen LogP contribution in [0, 0.1) is 17.8 Å². The van der Waals surface area contributed by atoms with Crippen LogP contribution in [-0.4, -0.2) is 24.4 Å². The molecule has 5 heteroatoms.